The van der Waals surface area contributed by atoms with Crippen LogP contribution in [0.15, 0.2) is 24.3 Å². The molecule has 0 unspecified atom stereocenters. The Bertz CT molecular complexity index is 947. The average Bonchev–Trinajstić information content (AvgIpc) is 3.32. The van der Waals surface area contributed by atoms with Crippen molar-refractivity contribution < 1.29 is 27.5 Å². The summed E-state index contributed by atoms with van der Waals surface area (Å²) in [5.41, 5.74) is 0.800. The van der Waals surface area contributed by atoms with Crippen LogP contribution in [-0.2, 0) is 16.0 Å². The molecule has 1 amide bonds. The predicted molar refractivity (Wildman–Crippen MR) is 141 cm³/mol. The van der Waals surface area contributed by atoms with Gasteiger partial charge in [-0.05, 0) is 74.6 Å². The van der Waals surface area contributed by atoms with Gasteiger partial charge in [0.05, 0.1) is 0 Å². The Morgan fingerprint density at radius 2 is 1.82 bits per heavy atom. The smallest absolute Gasteiger partial charge is 0.406 e. The lowest BCUT2D eigenvalue weighted by Crippen LogP contribution is -2.52. The highest BCUT2D eigenvalue weighted by molar-refractivity contribution is 5.88. The van der Waals surface area contributed by atoms with E-state index < -0.39 is 6.36 Å². The summed E-state index contributed by atoms with van der Waals surface area (Å²) in [5.74, 6) is 0.772. The van der Waals surface area contributed by atoms with Crippen LogP contribution in [0.4, 0.5) is 13.2 Å². The minimum atomic E-state index is -4.70. The molecule has 4 atom stereocenters. The van der Waals surface area contributed by atoms with Crippen LogP contribution in [0.25, 0.3) is 0 Å². The van der Waals surface area contributed by atoms with E-state index in [1.807, 2.05) is 19.9 Å². The summed E-state index contributed by atoms with van der Waals surface area (Å²) in [6.07, 6.45) is 4.69. The van der Waals surface area contributed by atoms with Gasteiger partial charge in [0.25, 0.3) is 0 Å². The van der Waals surface area contributed by atoms with Gasteiger partial charge in [0.2, 0.25) is 5.91 Å². The number of alkyl halides is 3. The zero-order chi connectivity index (χ0) is 27.3. The first-order valence-electron chi connectivity index (χ1n) is 14.5. The molecule has 1 saturated carbocycles. The lowest BCUT2D eigenvalue weighted by Gasteiger charge is -2.40. The summed E-state index contributed by atoms with van der Waals surface area (Å²) in [4.78, 5) is 31.4. The first kappa shape index (κ1) is 28.9. The van der Waals surface area contributed by atoms with Crippen molar-refractivity contribution in [1.82, 2.24) is 9.80 Å². The van der Waals surface area contributed by atoms with E-state index in [9.17, 15) is 22.8 Å². The van der Waals surface area contributed by atoms with Gasteiger partial charge in [0.15, 0.2) is 0 Å². The number of carbonyl (C=O) groups excluding carboxylic acids is 2. The van der Waals surface area contributed by atoms with Crippen LogP contribution in [-0.4, -0.2) is 60.1 Å². The van der Waals surface area contributed by atoms with Crippen LogP contribution in [0, 0.1) is 23.7 Å². The molecule has 8 heteroatoms. The first-order valence-corrected chi connectivity index (χ1v) is 14.5. The van der Waals surface area contributed by atoms with Gasteiger partial charge in [-0.3, -0.25) is 9.59 Å². The highest BCUT2D eigenvalue weighted by atomic mass is 19.4. The number of ether oxygens (including phenoxy) is 1. The fourth-order valence-corrected chi connectivity index (χ4v) is 6.72. The Hall–Kier alpha value is -2.09. The topological polar surface area (TPSA) is 49.9 Å². The lowest BCUT2D eigenvalue weighted by atomic mass is 9.76. The molecule has 0 bridgehead atoms. The third kappa shape index (κ3) is 7.51. The molecule has 0 radical (unpaired) electrons. The number of ketones is 1. The summed E-state index contributed by atoms with van der Waals surface area (Å²) >= 11 is 0. The highest BCUT2D eigenvalue weighted by Gasteiger charge is 2.44. The summed E-state index contributed by atoms with van der Waals surface area (Å²) in [7, 11) is 0. The molecule has 0 aromatic heterocycles. The number of rotatable bonds is 10. The molecule has 38 heavy (non-hydrogen) atoms. The Labute approximate surface area is 225 Å². The van der Waals surface area contributed by atoms with E-state index in [4.69, 9.17) is 0 Å². The Morgan fingerprint density at radius 1 is 1.08 bits per heavy atom. The van der Waals surface area contributed by atoms with Crippen molar-refractivity contribution in [2.75, 3.05) is 26.2 Å². The van der Waals surface area contributed by atoms with Crippen molar-refractivity contribution in [2.45, 2.75) is 90.5 Å². The normalized spacial score (nSPS) is 24.6. The number of benzene rings is 1. The van der Waals surface area contributed by atoms with E-state index >= 15 is 0 Å². The molecular formula is C30H43F3N2O3. The summed E-state index contributed by atoms with van der Waals surface area (Å²) in [6, 6.07) is 6.34. The molecule has 1 aromatic carbocycles. The zero-order valence-electron chi connectivity index (χ0n) is 22.8. The van der Waals surface area contributed by atoms with E-state index in [0.29, 0.717) is 24.7 Å². The molecule has 0 N–H and O–H groups in total. The van der Waals surface area contributed by atoms with Crippen molar-refractivity contribution in [1.29, 1.82) is 0 Å². The van der Waals surface area contributed by atoms with Gasteiger partial charge in [0.1, 0.15) is 11.5 Å². The van der Waals surface area contributed by atoms with Gasteiger partial charge in [-0.2, -0.15) is 0 Å². The number of halogens is 3. The molecule has 0 spiro atoms. The fourth-order valence-electron chi connectivity index (χ4n) is 6.72. The largest absolute Gasteiger partial charge is 0.573 e. The highest BCUT2D eigenvalue weighted by Crippen LogP contribution is 2.38. The van der Waals surface area contributed by atoms with Crippen LogP contribution < -0.4 is 4.74 Å². The average molecular weight is 537 g/mol. The Morgan fingerprint density at radius 3 is 2.53 bits per heavy atom. The zero-order valence-corrected chi connectivity index (χ0v) is 22.8. The van der Waals surface area contributed by atoms with E-state index in [-0.39, 0.29) is 35.3 Å². The van der Waals surface area contributed by atoms with E-state index in [2.05, 4.69) is 14.5 Å². The van der Waals surface area contributed by atoms with Gasteiger partial charge >= 0.3 is 6.36 Å². The molecule has 2 heterocycles. The maximum Gasteiger partial charge on any atom is 0.573 e. The molecule has 3 fully saturated rings. The quantitative estimate of drug-likeness (QED) is 0.355. The molecule has 3 aliphatic rings. The van der Waals surface area contributed by atoms with Crippen LogP contribution in [0.3, 0.4) is 0 Å². The maximum absolute atomic E-state index is 14.0. The molecule has 2 aliphatic heterocycles. The van der Waals surface area contributed by atoms with Gasteiger partial charge < -0.3 is 14.5 Å². The van der Waals surface area contributed by atoms with Crippen LogP contribution in [0.1, 0.15) is 77.2 Å². The minimum absolute atomic E-state index is 0.00887. The molecule has 212 valence electrons. The summed E-state index contributed by atoms with van der Waals surface area (Å²) in [5, 5.41) is 0. The number of amides is 1. The second kappa shape index (κ2) is 12.8. The van der Waals surface area contributed by atoms with E-state index in [0.717, 1.165) is 76.7 Å². The van der Waals surface area contributed by atoms with Crippen molar-refractivity contribution in [3.8, 4) is 5.75 Å². The van der Waals surface area contributed by atoms with Crippen LogP contribution in [0.2, 0.25) is 0 Å². The maximum atomic E-state index is 14.0. The second-order valence-corrected chi connectivity index (χ2v) is 11.7. The molecule has 1 aliphatic carbocycles. The number of hydrogen-bond donors (Lipinski definition) is 0. The fraction of sp³-hybridized carbons (Fsp3) is 0.733. The van der Waals surface area contributed by atoms with Crippen molar-refractivity contribution in [2.24, 2.45) is 23.7 Å². The summed E-state index contributed by atoms with van der Waals surface area (Å²) in [6.45, 7) is 7.20. The Kier molecular flexibility index (Phi) is 9.77. The third-order valence-electron chi connectivity index (χ3n) is 9.20. The monoisotopic (exact) mass is 536 g/mol. The van der Waals surface area contributed by atoms with Gasteiger partial charge in [0, 0.05) is 43.9 Å². The minimum Gasteiger partial charge on any atom is -0.406 e. The second-order valence-electron chi connectivity index (χ2n) is 11.7. The number of nitrogens with zero attached hydrogens (tertiary/aromatic N) is 2. The van der Waals surface area contributed by atoms with Gasteiger partial charge in [-0.15, -0.1) is 13.2 Å². The van der Waals surface area contributed by atoms with Crippen molar-refractivity contribution in [3.05, 3.63) is 29.8 Å². The standard InChI is InChI=1S/C30H43F3N2O3/c1-3-21(2)28(36)19-26(23-9-5-4-6-10-23)29(37)35-17-14-24-13-16-34(20-27(24)35)15-12-22-8-7-11-25(18-22)38-30(31,32)33/h7-8,11,18,21,23-24,26-27H,3-6,9-10,12-17,19-20H2,1-2H3/t21-,24-,26+,27-/m1/s1. The Balaban J connectivity index is 1.39. The molecule has 4 rings (SSSR count). The molecular weight excluding hydrogens is 493 g/mol. The van der Waals surface area contributed by atoms with Crippen molar-refractivity contribution >= 4 is 11.7 Å². The van der Waals surface area contributed by atoms with Crippen LogP contribution in [0.5, 0.6) is 5.75 Å². The first-order chi connectivity index (χ1) is 18.1. The SMILES string of the molecule is CC[C@@H](C)C(=O)C[C@H](C(=O)N1CC[C@H]2CCN(CCc3cccc(OC(F)(F)F)c3)C[C@H]21)C1CCCCC1. The third-order valence-corrected chi connectivity index (χ3v) is 9.20. The van der Waals surface area contributed by atoms with Gasteiger partial charge in [-0.1, -0.05) is 45.2 Å². The molecule has 2 saturated heterocycles. The van der Waals surface area contributed by atoms with Gasteiger partial charge in [-0.25, -0.2) is 0 Å². The number of likely N-dealkylation sites (tertiary alicyclic amines) is 2. The summed E-state index contributed by atoms with van der Waals surface area (Å²) < 4.78 is 41.9. The number of Topliss-reactive ketones (excluding diaryl/α,β-unsaturated/α-hetero) is 1. The predicted octanol–water partition coefficient (Wildman–Crippen LogP) is 6.25. The molecule has 1 aromatic rings. The molecule has 5 nitrogen and oxygen atoms in total. The number of piperidine rings is 1. The van der Waals surface area contributed by atoms with Crippen molar-refractivity contribution in [3.63, 3.8) is 0 Å². The van der Waals surface area contributed by atoms with E-state index in [1.165, 1.54) is 18.6 Å². The number of fused-ring (bicyclic) bond motifs is 1. The van der Waals surface area contributed by atoms with E-state index in [1.54, 1.807) is 6.07 Å². The number of hydrogen-bond acceptors (Lipinski definition) is 4. The number of carbonyl (C=O) groups is 2. The lowest BCUT2D eigenvalue weighted by molar-refractivity contribution is -0.274. The van der Waals surface area contributed by atoms with Crippen LogP contribution >= 0.6 is 0 Å².